The number of halogens is 2. The van der Waals surface area contributed by atoms with Gasteiger partial charge in [0.1, 0.15) is 5.69 Å². The third-order valence-electron chi connectivity index (χ3n) is 2.01. The summed E-state index contributed by atoms with van der Waals surface area (Å²) in [5.41, 5.74) is 1.67. The number of hydrogen-bond acceptors (Lipinski definition) is 2. The molecule has 1 atom stereocenters. The number of benzene rings is 1. The van der Waals surface area contributed by atoms with Crippen molar-refractivity contribution in [2.45, 2.75) is 12.3 Å². The van der Waals surface area contributed by atoms with Crippen LogP contribution < -0.4 is 0 Å². The van der Waals surface area contributed by atoms with Crippen molar-refractivity contribution in [1.29, 1.82) is 0 Å². The minimum absolute atomic E-state index is 0.133. The van der Waals surface area contributed by atoms with E-state index in [0.29, 0.717) is 5.02 Å². The first-order valence-electron chi connectivity index (χ1n) is 4.49. The van der Waals surface area contributed by atoms with Gasteiger partial charge >= 0.3 is 0 Å². The van der Waals surface area contributed by atoms with Gasteiger partial charge in [-0.3, -0.25) is 0 Å². The predicted octanol–water partition coefficient (Wildman–Crippen LogP) is 3.22. The van der Waals surface area contributed by atoms with Crippen molar-refractivity contribution < 1.29 is 0 Å². The van der Waals surface area contributed by atoms with Gasteiger partial charge in [0.25, 0.3) is 0 Å². The lowest BCUT2D eigenvalue weighted by Gasteiger charge is -1.99. The minimum atomic E-state index is -0.133. The highest BCUT2D eigenvalue weighted by molar-refractivity contribution is 6.30. The molecule has 5 heteroatoms. The van der Waals surface area contributed by atoms with E-state index in [1.54, 1.807) is 10.9 Å². The molecule has 0 saturated carbocycles. The van der Waals surface area contributed by atoms with E-state index in [2.05, 4.69) is 10.3 Å². The van der Waals surface area contributed by atoms with Crippen LogP contribution in [0.4, 0.5) is 0 Å². The van der Waals surface area contributed by atoms with Gasteiger partial charge in [-0.25, -0.2) is 4.68 Å². The monoisotopic (exact) mass is 241 g/mol. The fraction of sp³-hybridized carbons (Fsp3) is 0.200. The standard InChI is InChI=1S/C10H9Cl2N3/c1-7(11)10-6-15(14-13-10)9-4-2-8(12)3-5-9/h2-7H,1H3. The molecular weight excluding hydrogens is 233 g/mol. The summed E-state index contributed by atoms with van der Waals surface area (Å²) in [4.78, 5) is 0. The van der Waals surface area contributed by atoms with Crippen LogP contribution >= 0.6 is 23.2 Å². The van der Waals surface area contributed by atoms with Crippen LogP contribution in [0, 0.1) is 0 Å². The molecule has 0 bridgehead atoms. The molecule has 2 aromatic rings. The van der Waals surface area contributed by atoms with E-state index in [4.69, 9.17) is 23.2 Å². The van der Waals surface area contributed by atoms with Crippen molar-refractivity contribution in [2.24, 2.45) is 0 Å². The minimum Gasteiger partial charge on any atom is -0.220 e. The molecule has 0 fully saturated rings. The number of rotatable bonds is 2. The molecule has 0 aliphatic rings. The molecule has 1 heterocycles. The van der Waals surface area contributed by atoms with Crippen molar-refractivity contribution in [3.8, 4) is 5.69 Å². The first-order chi connectivity index (χ1) is 7.16. The Morgan fingerprint density at radius 2 is 1.93 bits per heavy atom. The highest BCUT2D eigenvalue weighted by Gasteiger charge is 2.07. The Bertz CT molecular complexity index is 448. The number of hydrogen-bond donors (Lipinski definition) is 0. The van der Waals surface area contributed by atoms with Crippen LogP contribution in [-0.2, 0) is 0 Å². The lowest BCUT2D eigenvalue weighted by atomic mass is 10.3. The molecule has 78 valence electrons. The molecule has 0 radical (unpaired) electrons. The maximum Gasteiger partial charge on any atom is 0.101 e. The van der Waals surface area contributed by atoms with Crippen LogP contribution in [0.15, 0.2) is 30.5 Å². The van der Waals surface area contributed by atoms with E-state index >= 15 is 0 Å². The molecule has 0 aliphatic heterocycles. The van der Waals surface area contributed by atoms with Crippen molar-refractivity contribution >= 4 is 23.2 Å². The van der Waals surface area contributed by atoms with E-state index in [1.807, 2.05) is 31.2 Å². The lowest BCUT2D eigenvalue weighted by Crippen LogP contribution is -1.93. The SMILES string of the molecule is CC(Cl)c1cn(-c2ccc(Cl)cc2)nn1. The molecule has 2 rings (SSSR count). The Hall–Kier alpha value is -1.06. The Morgan fingerprint density at radius 3 is 2.47 bits per heavy atom. The van der Waals surface area contributed by atoms with E-state index < -0.39 is 0 Å². The Balaban J connectivity index is 2.33. The molecule has 0 spiro atoms. The molecule has 1 aromatic heterocycles. The van der Waals surface area contributed by atoms with E-state index in [-0.39, 0.29) is 5.38 Å². The Morgan fingerprint density at radius 1 is 1.27 bits per heavy atom. The summed E-state index contributed by atoms with van der Waals surface area (Å²) in [6, 6.07) is 7.37. The summed E-state index contributed by atoms with van der Waals surface area (Å²) in [6.45, 7) is 1.86. The maximum absolute atomic E-state index is 5.89. The van der Waals surface area contributed by atoms with Crippen LogP contribution in [0.3, 0.4) is 0 Å². The fourth-order valence-electron chi connectivity index (χ4n) is 1.18. The third-order valence-corrected chi connectivity index (χ3v) is 2.49. The smallest absolute Gasteiger partial charge is 0.101 e. The number of nitrogens with zero attached hydrogens (tertiary/aromatic N) is 3. The third kappa shape index (κ3) is 2.30. The summed E-state index contributed by atoms with van der Waals surface area (Å²) >= 11 is 11.7. The normalized spacial score (nSPS) is 12.7. The first-order valence-corrected chi connectivity index (χ1v) is 5.30. The predicted molar refractivity (Wildman–Crippen MR) is 60.6 cm³/mol. The first kappa shape index (κ1) is 10.5. The van der Waals surface area contributed by atoms with Crippen molar-refractivity contribution in [1.82, 2.24) is 15.0 Å². The van der Waals surface area contributed by atoms with Gasteiger partial charge in [-0.15, -0.1) is 16.7 Å². The largest absolute Gasteiger partial charge is 0.220 e. The second-order valence-electron chi connectivity index (χ2n) is 3.18. The summed E-state index contributed by atoms with van der Waals surface area (Å²) in [5, 5.41) is 8.50. The summed E-state index contributed by atoms with van der Waals surface area (Å²) in [6.07, 6.45) is 1.81. The second-order valence-corrected chi connectivity index (χ2v) is 4.27. The zero-order chi connectivity index (χ0) is 10.8. The van der Waals surface area contributed by atoms with Crippen LogP contribution in [0.2, 0.25) is 5.02 Å². The number of alkyl halides is 1. The molecule has 3 nitrogen and oxygen atoms in total. The quantitative estimate of drug-likeness (QED) is 0.757. The average molecular weight is 242 g/mol. The van der Waals surface area contributed by atoms with Gasteiger partial charge in [0.15, 0.2) is 0 Å². The van der Waals surface area contributed by atoms with Gasteiger partial charge in [-0.05, 0) is 31.2 Å². The van der Waals surface area contributed by atoms with Gasteiger partial charge < -0.3 is 0 Å². The highest BCUT2D eigenvalue weighted by Crippen LogP contribution is 2.18. The van der Waals surface area contributed by atoms with E-state index in [1.165, 1.54) is 0 Å². The summed E-state index contributed by atoms with van der Waals surface area (Å²) < 4.78 is 1.67. The summed E-state index contributed by atoms with van der Waals surface area (Å²) in [7, 11) is 0. The van der Waals surface area contributed by atoms with Crippen LogP contribution in [-0.4, -0.2) is 15.0 Å². The van der Waals surface area contributed by atoms with E-state index in [9.17, 15) is 0 Å². The van der Waals surface area contributed by atoms with Crippen LogP contribution in [0.5, 0.6) is 0 Å². The van der Waals surface area contributed by atoms with Crippen LogP contribution in [0.25, 0.3) is 5.69 Å². The van der Waals surface area contributed by atoms with Gasteiger partial charge in [0, 0.05) is 5.02 Å². The zero-order valence-corrected chi connectivity index (χ0v) is 9.57. The molecule has 0 saturated heterocycles. The van der Waals surface area contributed by atoms with Crippen molar-refractivity contribution in [3.63, 3.8) is 0 Å². The van der Waals surface area contributed by atoms with Crippen LogP contribution in [0.1, 0.15) is 18.0 Å². The average Bonchev–Trinajstić information content (AvgIpc) is 2.68. The molecule has 0 aliphatic carbocycles. The van der Waals surface area contributed by atoms with E-state index in [0.717, 1.165) is 11.4 Å². The van der Waals surface area contributed by atoms with Crippen molar-refractivity contribution in [2.75, 3.05) is 0 Å². The van der Waals surface area contributed by atoms with Gasteiger partial charge in [0.05, 0.1) is 17.3 Å². The second kappa shape index (κ2) is 4.21. The molecular formula is C10H9Cl2N3. The Kier molecular flexibility index (Phi) is 2.93. The topological polar surface area (TPSA) is 30.7 Å². The molecule has 0 amide bonds. The lowest BCUT2D eigenvalue weighted by molar-refractivity contribution is 0.796. The maximum atomic E-state index is 5.89. The molecule has 1 aromatic carbocycles. The zero-order valence-electron chi connectivity index (χ0n) is 8.06. The van der Waals surface area contributed by atoms with Gasteiger partial charge in [0.2, 0.25) is 0 Å². The molecule has 0 N–H and O–H groups in total. The van der Waals surface area contributed by atoms with Gasteiger partial charge in [-0.1, -0.05) is 16.8 Å². The van der Waals surface area contributed by atoms with Gasteiger partial charge in [-0.2, -0.15) is 0 Å². The fourth-order valence-corrected chi connectivity index (χ4v) is 1.40. The van der Waals surface area contributed by atoms with Crippen molar-refractivity contribution in [3.05, 3.63) is 41.2 Å². The highest BCUT2D eigenvalue weighted by atomic mass is 35.5. The molecule has 15 heavy (non-hydrogen) atoms. The Labute approximate surface area is 97.6 Å². The summed E-state index contributed by atoms with van der Waals surface area (Å²) in [5.74, 6) is 0. The number of aromatic nitrogens is 3. The molecule has 1 unspecified atom stereocenters.